The second-order valence-electron chi connectivity index (χ2n) is 7.59. The van der Waals surface area contributed by atoms with Gasteiger partial charge in [0.05, 0.1) is 33.5 Å². The standard InChI is InChI=1S/C21H35NO5/c1-15(2)22(12-16-9-20(25-3)11-21(10-16)26-4)17-5-7-19(8-6-17)27-14-18(24)13-23/h9-11,15,17-19,23-24H,5-8,12-14H2,1-4H3. The van der Waals surface area contributed by atoms with Crippen molar-refractivity contribution in [3.05, 3.63) is 23.8 Å². The summed E-state index contributed by atoms with van der Waals surface area (Å²) < 4.78 is 16.5. The molecule has 1 aliphatic rings. The van der Waals surface area contributed by atoms with E-state index in [1.807, 2.05) is 6.07 Å². The Morgan fingerprint density at radius 3 is 2.11 bits per heavy atom. The van der Waals surface area contributed by atoms with E-state index in [0.717, 1.165) is 43.7 Å². The first-order chi connectivity index (χ1) is 13.0. The molecule has 1 saturated carbocycles. The summed E-state index contributed by atoms with van der Waals surface area (Å²) in [5, 5.41) is 18.3. The van der Waals surface area contributed by atoms with Gasteiger partial charge in [0.1, 0.15) is 17.6 Å². The fraction of sp³-hybridized carbons (Fsp3) is 0.714. The molecular formula is C21H35NO5. The molecule has 0 aliphatic heterocycles. The van der Waals surface area contributed by atoms with Crippen LogP contribution in [0, 0.1) is 0 Å². The van der Waals surface area contributed by atoms with Crippen molar-refractivity contribution in [3.63, 3.8) is 0 Å². The Morgan fingerprint density at radius 1 is 1.04 bits per heavy atom. The molecule has 0 bridgehead atoms. The van der Waals surface area contributed by atoms with Crippen LogP contribution in [0.1, 0.15) is 45.1 Å². The molecule has 2 rings (SSSR count). The highest BCUT2D eigenvalue weighted by molar-refractivity contribution is 5.38. The van der Waals surface area contributed by atoms with Crippen molar-refractivity contribution in [1.29, 1.82) is 0 Å². The quantitative estimate of drug-likeness (QED) is 0.649. The molecule has 0 spiro atoms. The SMILES string of the molecule is COc1cc(CN(C(C)C)C2CCC(OCC(O)CO)CC2)cc(OC)c1. The summed E-state index contributed by atoms with van der Waals surface area (Å²) in [6, 6.07) is 6.98. The lowest BCUT2D eigenvalue weighted by Crippen LogP contribution is -2.43. The summed E-state index contributed by atoms with van der Waals surface area (Å²) in [7, 11) is 3.35. The fourth-order valence-electron chi connectivity index (χ4n) is 3.75. The van der Waals surface area contributed by atoms with Gasteiger partial charge in [0, 0.05) is 24.7 Å². The van der Waals surface area contributed by atoms with Crippen molar-refractivity contribution in [3.8, 4) is 11.5 Å². The van der Waals surface area contributed by atoms with E-state index < -0.39 is 6.10 Å². The smallest absolute Gasteiger partial charge is 0.122 e. The number of benzene rings is 1. The summed E-state index contributed by atoms with van der Waals surface area (Å²) in [6.45, 7) is 5.28. The van der Waals surface area contributed by atoms with Gasteiger partial charge in [-0.05, 0) is 57.2 Å². The average molecular weight is 382 g/mol. The van der Waals surface area contributed by atoms with Crippen molar-refractivity contribution < 1.29 is 24.4 Å². The van der Waals surface area contributed by atoms with Crippen molar-refractivity contribution in [2.45, 2.75) is 70.4 Å². The van der Waals surface area contributed by atoms with Crippen LogP contribution in [0.15, 0.2) is 18.2 Å². The minimum atomic E-state index is -0.780. The maximum Gasteiger partial charge on any atom is 0.122 e. The topological polar surface area (TPSA) is 71.4 Å². The monoisotopic (exact) mass is 381 g/mol. The molecule has 154 valence electrons. The van der Waals surface area contributed by atoms with Gasteiger partial charge in [0.15, 0.2) is 0 Å². The number of nitrogens with zero attached hydrogens (tertiary/aromatic N) is 1. The van der Waals surface area contributed by atoms with E-state index in [2.05, 4.69) is 30.9 Å². The van der Waals surface area contributed by atoms with Gasteiger partial charge >= 0.3 is 0 Å². The molecule has 0 aromatic heterocycles. The molecule has 0 amide bonds. The average Bonchev–Trinajstić information content (AvgIpc) is 2.70. The van der Waals surface area contributed by atoms with E-state index in [0.29, 0.717) is 12.1 Å². The van der Waals surface area contributed by atoms with E-state index in [1.165, 1.54) is 5.56 Å². The van der Waals surface area contributed by atoms with Gasteiger partial charge in [-0.1, -0.05) is 0 Å². The second-order valence-corrected chi connectivity index (χ2v) is 7.59. The van der Waals surface area contributed by atoms with Gasteiger partial charge in [0.25, 0.3) is 0 Å². The molecule has 2 N–H and O–H groups in total. The highest BCUT2D eigenvalue weighted by atomic mass is 16.5. The van der Waals surface area contributed by atoms with Crippen molar-refractivity contribution in [2.75, 3.05) is 27.4 Å². The normalized spacial score (nSPS) is 21.5. The largest absolute Gasteiger partial charge is 0.497 e. The molecule has 0 radical (unpaired) electrons. The summed E-state index contributed by atoms with van der Waals surface area (Å²) in [5.74, 6) is 1.63. The molecule has 27 heavy (non-hydrogen) atoms. The van der Waals surface area contributed by atoms with E-state index in [-0.39, 0.29) is 19.3 Å². The first kappa shape index (κ1) is 22.0. The van der Waals surface area contributed by atoms with Crippen LogP contribution in [0.5, 0.6) is 11.5 Å². The molecule has 1 fully saturated rings. The van der Waals surface area contributed by atoms with Crippen LogP contribution in [0.2, 0.25) is 0 Å². The predicted octanol–water partition coefficient (Wildman–Crippen LogP) is 2.60. The van der Waals surface area contributed by atoms with Crippen LogP contribution < -0.4 is 9.47 Å². The minimum Gasteiger partial charge on any atom is -0.497 e. The van der Waals surface area contributed by atoms with E-state index in [1.54, 1.807) is 14.2 Å². The van der Waals surface area contributed by atoms with E-state index >= 15 is 0 Å². The fourth-order valence-corrected chi connectivity index (χ4v) is 3.75. The van der Waals surface area contributed by atoms with Crippen LogP contribution in [0.4, 0.5) is 0 Å². The molecule has 6 nitrogen and oxygen atoms in total. The van der Waals surface area contributed by atoms with Crippen LogP contribution in [0.25, 0.3) is 0 Å². The van der Waals surface area contributed by atoms with Crippen LogP contribution in [0.3, 0.4) is 0 Å². The third-order valence-electron chi connectivity index (χ3n) is 5.29. The Kier molecular flexibility index (Phi) is 8.83. The van der Waals surface area contributed by atoms with E-state index in [4.69, 9.17) is 19.3 Å². The Labute approximate surface area is 163 Å². The summed E-state index contributed by atoms with van der Waals surface area (Å²) >= 11 is 0. The Morgan fingerprint density at radius 2 is 1.63 bits per heavy atom. The molecule has 6 heteroatoms. The van der Waals surface area contributed by atoms with Crippen molar-refractivity contribution in [1.82, 2.24) is 4.90 Å². The molecular weight excluding hydrogens is 346 g/mol. The van der Waals surface area contributed by atoms with Crippen LogP contribution in [-0.2, 0) is 11.3 Å². The molecule has 1 aromatic carbocycles. The maximum atomic E-state index is 9.45. The highest BCUT2D eigenvalue weighted by Gasteiger charge is 2.28. The number of ether oxygens (including phenoxy) is 3. The van der Waals surface area contributed by atoms with Gasteiger partial charge in [-0.15, -0.1) is 0 Å². The number of aliphatic hydroxyl groups excluding tert-OH is 2. The first-order valence-electron chi connectivity index (χ1n) is 9.85. The first-order valence-corrected chi connectivity index (χ1v) is 9.85. The summed E-state index contributed by atoms with van der Waals surface area (Å²) in [4.78, 5) is 2.53. The van der Waals surface area contributed by atoms with E-state index in [9.17, 15) is 5.11 Å². The Hall–Kier alpha value is -1.34. The minimum absolute atomic E-state index is 0.174. The predicted molar refractivity (Wildman–Crippen MR) is 105 cm³/mol. The van der Waals surface area contributed by atoms with Crippen molar-refractivity contribution in [2.24, 2.45) is 0 Å². The molecule has 0 saturated heterocycles. The third-order valence-corrected chi connectivity index (χ3v) is 5.29. The second kappa shape index (κ2) is 10.9. The number of rotatable bonds is 10. The van der Waals surface area contributed by atoms with Crippen LogP contribution >= 0.6 is 0 Å². The number of hydrogen-bond acceptors (Lipinski definition) is 6. The zero-order chi connectivity index (χ0) is 19.8. The maximum absolute atomic E-state index is 9.45. The zero-order valence-corrected chi connectivity index (χ0v) is 17.1. The molecule has 1 aromatic rings. The Bertz CT molecular complexity index is 535. The van der Waals surface area contributed by atoms with Gasteiger partial charge in [0.2, 0.25) is 0 Å². The summed E-state index contributed by atoms with van der Waals surface area (Å²) in [6.07, 6.45) is 3.49. The van der Waals surface area contributed by atoms with Gasteiger partial charge < -0.3 is 24.4 Å². The highest BCUT2D eigenvalue weighted by Crippen LogP contribution is 2.30. The summed E-state index contributed by atoms with van der Waals surface area (Å²) in [5.41, 5.74) is 1.18. The number of methoxy groups -OCH3 is 2. The van der Waals surface area contributed by atoms with Crippen molar-refractivity contribution >= 4 is 0 Å². The molecule has 0 heterocycles. The van der Waals surface area contributed by atoms with Gasteiger partial charge in [-0.2, -0.15) is 0 Å². The number of aliphatic hydroxyl groups is 2. The molecule has 1 unspecified atom stereocenters. The third kappa shape index (κ3) is 6.64. The van der Waals surface area contributed by atoms with Crippen LogP contribution in [-0.4, -0.2) is 66.8 Å². The zero-order valence-electron chi connectivity index (χ0n) is 17.1. The Balaban J connectivity index is 1.96. The molecule has 1 atom stereocenters. The molecule has 1 aliphatic carbocycles. The lowest BCUT2D eigenvalue weighted by atomic mass is 9.90. The lowest BCUT2D eigenvalue weighted by molar-refractivity contribution is -0.0497. The lowest BCUT2D eigenvalue weighted by Gasteiger charge is -2.39. The van der Waals surface area contributed by atoms with Gasteiger partial charge in [-0.25, -0.2) is 0 Å². The number of hydrogen-bond donors (Lipinski definition) is 2. The van der Waals surface area contributed by atoms with Gasteiger partial charge in [-0.3, -0.25) is 4.90 Å².